The molecule has 0 unspecified atom stereocenters. The van der Waals surface area contributed by atoms with Gasteiger partial charge >= 0.3 is 0 Å². The van der Waals surface area contributed by atoms with Crippen molar-refractivity contribution < 1.29 is 9.26 Å². The van der Waals surface area contributed by atoms with Gasteiger partial charge in [0, 0.05) is 18.1 Å². The Kier molecular flexibility index (Phi) is 4.23. The molecule has 5 heteroatoms. The van der Waals surface area contributed by atoms with E-state index in [2.05, 4.69) is 5.16 Å². The third-order valence-electron chi connectivity index (χ3n) is 2.61. The number of hydrogen-bond donors (Lipinski definition) is 1. The second-order valence-electron chi connectivity index (χ2n) is 3.82. The Morgan fingerprint density at radius 3 is 2.72 bits per heavy atom. The van der Waals surface area contributed by atoms with Crippen LogP contribution in [-0.2, 0) is 11.2 Å². The van der Waals surface area contributed by atoms with Crippen molar-refractivity contribution in [2.24, 2.45) is 0 Å². The van der Waals surface area contributed by atoms with E-state index in [9.17, 15) is 0 Å². The molecule has 2 rings (SSSR count). The van der Waals surface area contributed by atoms with Crippen LogP contribution in [0.5, 0.6) is 0 Å². The molecule has 1 heterocycles. The van der Waals surface area contributed by atoms with Gasteiger partial charge in [0.25, 0.3) is 0 Å². The number of halogens is 1. The van der Waals surface area contributed by atoms with Gasteiger partial charge in [-0.05, 0) is 24.6 Å². The summed E-state index contributed by atoms with van der Waals surface area (Å²) in [7, 11) is 0. The van der Waals surface area contributed by atoms with Crippen LogP contribution in [0.25, 0.3) is 11.1 Å². The highest BCUT2D eigenvalue weighted by atomic mass is 35.5. The second kappa shape index (κ2) is 5.89. The predicted molar refractivity (Wildman–Crippen MR) is 71.6 cm³/mol. The van der Waals surface area contributed by atoms with Crippen LogP contribution >= 0.6 is 11.6 Å². The van der Waals surface area contributed by atoms with E-state index in [1.165, 1.54) is 0 Å². The van der Waals surface area contributed by atoms with E-state index in [1.54, 1.807) is 0 Å². The first-order chi connectivity index (χ1) is 8.72. The Balaban J connectivity index is 2.25. The molecule has 18 heavy (non-hydrogen) atoms. The molecular weight excluding hydrogens is 252 g/mol. The van der Waals surface area contributed by atoms with Gasteiger partial charge in [0.1, 0.15) is 0 Å². The zero-order chi connectivity index (χ0) is 13.0. The van der Waals surface area contributed by atoms with Crippen LogP contribution in [0.2, 0.25) is 5.02 Å². The molecule has 4 nitrogen and oxygen atoms in total. The molecule has 0 spiro atoms. The highest BCUT2D eigenvalue weighted by Crippen LogP contribution is 2.30. The third-order valence-corrected chi connectivity index (χ3v) is 2.86. The molecule has 0 radical (unpaired) electrons. The lowest BCUT2D eigenvalue weighted by Gasteiger charge is -2.03. The standard InChI is InChI=1S/C13H15ClN2O2/c1-2-17-8-7-11-12(13(15)18-16-11)9-3-5-10(14)6-4-9/h3-6H,2,7-8,15H2,1H3. The molecule has 0 amide bonds. The van der Waals surface area contributed by atoms with Crippen LogP contribution in [0.15, 0.2) is 28.8 Å². The molecule has 1 aromatic carbocycles. The summed E-state index contributed by atoms with van der Waals surface area (Å²) in [5.74, 6) is 0.323. The number of nitrogens with two attached hydrogens (primary N) is 1. The fourth-order valence-electron chi connectivity index (χ4n) is 1.75. The smallest absolute Gasteiger partial charge is 0.230 e. The minimum atomic E-state index is 0.323. The average molecular weight is 267 g/mol. The summed E-state index contributed by atoms with van der Waals surface area (Å²) >= 11 is 5.86. The van der Waals surface area contributed by atoms with Gasteiger partial charge in [-0.2, -0.15) is 0 Å². The number of hydrogen-bond acceptors (Lipinski definition) is 4. The lowest BCUT2D eigenvalue weighted by molar-refractivity contribution is 0.149. The summed E-state index contributed by atoms with van der Waals surface area (Å²) in [6.45, 7) is 3.24. The molecule has 0 saturated carbocycles. The Morgan fingerprint density at radius 2 is 2.06 bits per heavy atom. The van der Waals surface area contributed by atoms with Crippen LogP contribution in [-0.4, -0.2) is 18.4 Å². The van der Waals surface area contributed by atoms with E-state index in [1.807, 2.05) is 31.2 Å². The Morgan fingerprint density at radius 1 is 1.33 bits per heavy atom. The molecule has 0 saturated heterocycles. The maximum Gasteiger partial charge on any atom is 0.230 e. The first-order valence-corrected chi connectivity index (χ1v) is 6.18. The van der Waals surface area contributed by atoms with Crippen molar-refractivity contribution in [2.45, 2.75) is 13.3 Å². The van der Waals surface area contributed by atoms with Gasteiger partial charge in [-0.3, -0.25) is 0 Å². The van der Waals surface area contributed by atoms with Gasteiger partial charge in [0.05, 0.1) is 17.9 Å². The van der Waals surface area contributed by atoms with E-state index in [0.29, 0.717) is 30.5 Å². The molecule has 0 aliphatic heterocycles. The van der Waals surface area contributed by atoms with Crippen LogP contribution in [0.3, 0.4) is 0 Å². The number of rotatable bonds is 5. The monoisotopic (exact) mass is 266 g/mol. The first-order valence-electron chi connectivity index (χ1n) is 5.80. The highest BCUT2D eigenvalue weighted by Gasteiger charge is 2.15. The summed E-state index contributed by atoms with van der Waals surface area (Å²) in [6, 6.07) is 7.43. The maximum atomic E-state index is 5.86. The van der Waals surface area contributed by atoms with Crippen LogP contribution in [0.1, 0.15) is 12.6 Å². The molecule has 0 aliphatic rings. The van der Waals surface area contributed by atoms with Gasteiger partial charge in [0.2, 0.25) is 5.88 Å². The number of ether oxygens (including phenoxy) is 1. The lowest BCUT2D eigenvalue weighted by atomic mass is 10.0. The molecule has 2 N–H and O–H groups in total. The van der Waals surface area contributed by atoms with Gasteiger partial charge in [-0.15, -0.1) is 0 Å². The normalized spacial score (nSPS) is 10.8. The highest BCUT2D eigenvalue weighted by molar-refractivity contribution is 6.30. The third kappa shape index (κ3) is 2.83. The summed E-state index contributed by atoms with van der Waals surface area (Å²) in [4.78, 5) is 0. The van der Waals surface area contributed by atoms with Crippen molar-refractivity contribution in [1.29, 1.82) is 0 Å². The molecule has 0 bridgehead atoms. The van der Waals surface area contributed by atoms with Crippen LogP contribution < -0.4 is 5.73 Å². The van der Waals surface area contributed by atoms with Crippen molar-refractivity contribution in [3.63, 3.8) is 0 Å². The van der Waals surface area contributed by atoms with Gasteiger partial charge in [0.15, 0.2) is 0 Å². The maximum absolute atomic E-state index is 5.86. The summed E-state index contributed by atoms with van der Waals surface area (Å²) in [5.41, 5.74) is 8.40. The number of nitrogens with zero attached hydrogens (tertiary/aromatic N) is 1. The average Bonchev–Trinajstić information content (AvgIpc) is 2.72. The quantitative estimate of drug-likeness (QED) is 0.845. The van der Waals surface area contributed by atoms with Crippen molar-refractivity contribution in [3.8, 4) is 11.1 Å². The van der Waals surface area contributed by atoms with Crippen molar-refractivity contribution in [3.05, 3.63) is 35.0 Å². The van der Waals surface area contributed by atoms with Crippen LogP contribution in [0.4, 0.5) is 5.88 Å². The van der Waals surface area contributed by atoms with E-state index in [-0.39, 0.29) is 0 Å². The largest absolute Gasteiger partial charge is 0.381 e. The van der Waals surface area contributed by atoms with E-state index < -0.39 is 0 Å². The summed E-state index contributed by atoms with van der Waals surface area (Å²) in [5, 5.41) is 4.66. The van der Waals surface area contributed by atoms with E-state index in [4.69, 9.17) is 26.6 Å². The topological polar surface area (TPSA) is 61.3 Å². The van der Waals surface area contributed by atoms with Gasteiger partial charge < -0.3 is 15.0 Å². The second-order valence-corrected chi connectivity index (χ2v) is 4.26. The molecule has 0 fully saturated rings. The fraction of sp³-hybridized carbons (Fsp3) is 0.308. The fourth-order valence-corrected chi connectivity index (χ4v) is 1.87. The molecule has 0 aliphatic carbocycles. The van der Waals surface area contributed by atoms with E-state index in [0.717, 1.165) is 16.8 Å². The predicted octanol–water partition coefficient (Wildman–Crippen LogP) is 3.16. The zero-order valence-corrected chi connectivity index (χ0v) is 10.9. The van der Waals surface area contributed by atoms with Crippen LogP contribution in [0, 0.1) is 0 Å². The minimum Gasteiger partial charge on any atom is -0.381 e. The minimum absolute atomic E-state index is 0.323. The molecule has 1 aromatic heterocycles. The number of benzene rings is 1. The summed E-state index contributed by atoms with van der Waals surface area (Å²) < 4.78 is 10.4. The number of aromatic nitrogens is 1. The van der Waals surface area contributed by atoms with E-state index >= 15 is 0 Å². The molecular formula is C13H15ClN2O2. The van der Waals surface area contributed by atoms with Crippen molar-refractivity contribution in [2.75, 3.05) is 18.9 Å². The SMILES string of the molecule is CCOCCc1noc(N)c1-c1ccc(Cl)cc1. The Labute approximate surface area is 111 Å². The molecule has 96 valence electrons. The molecule has 2 aromatic rings. The number of nitrogen functional groups attached to an aromatic ring is 1. The first kappa shape index (κ1) is 12.9. The summed E-state index contributed by atoms with van der Waals surface area (Å²) in [6.07, 6.45) is 0.673. The van der Waals surface area contributed by atoms with Gasteiger partial charge in [-0.25, -0.2) is 0 Å². The Hall–Kier alpha value is -1.52. The van der Waals surface area contributed by atoms with Crippen molar-refractivity contribution >= 4 is 17.5 Å². The lowest BCUT2D eigenvalue weighted by Crippen LogP contribution is -1.99. The van der Waals surface area contributed by atoms with Crippen molar-refractivity contribution in [1.82, 2.24) is 5.16 Å². The van der Waals surface area contributed by atoms with Gasteiger partial charge in [-0.1, -0.05) is 28.9 Å². The Bertz CT molecular complexity index is 508. The molecule has 0 atom stereocenters. The number of anilines is 1. The zero-order valence-electron chi connectivity index (χ0n) is 10.1.